The average molecular weight is 1880 g/mol. The van der Waals surface area contributed by atoms with E-state index in [2.05, 4.69) is 29.2 Å². The van der Waals surface area contributed by atoms with Gasteiger partial charge in [0, 0.05) is 130 Å². The third kappa shape index (κ3) is 35.4. The highest BCUT2D eigenvalue weighted by molar-refractivity contribution is 6.05. The fourth-order valence-corrected chi connectivity index (χ4v) is 16.3. The second-order valence-corrected chi connectivity index (χ2v) is 33.8. The van der Waals surface area contributed by atoms with Crippen molar-refractivity contribution in [3.63, 3.8) is 0 Å². The van der Waals surface area contributed by atoms with Crippen LogP contribution >= 0.6 is 0 Å². The van der Waals surface area contributed by atoms with Crippen LogP contribution in [0.5, 0.6) is 0 Å². The van der Waals surface area contributed by atoms with Crippen molar-refractivity contribution in [2.45, 2.75) is 260 Å². The number of aliphatic hydroxyl groups is 6. The first-order valence-electron chi connectivity index (χ1n) is 43.6. The van der Waals surface area contributed by atoms with E-state index in [1.54, 1.807) is 90.5 Å². The number of aliphatic hydroxyl groups excluding tert-OH is 6. The predicted octanol–water partition coefficient (Wildman–Crippen LogP) is 8.50. The number of nitrogens with zero attached hydrogens (tertiary/aromatic N) is 1. The highest BCUT2D eigenvalue weighted by Crippen LogP contribution is 2.40. The second kappa shape index (κ2) is 56.7. The molecule has 0 aromatic rings. The number of carbonyl (C=O) groups is 11. The van der Waals surface area contributed by atoms with Crippen LogP contribution in [0.25, 0.3) is 0 Å². The van der Waals surface area contributed by atoms with Gasteiger partial charge in [-0.2, -0.15) is 0 Å². The molecule has 6 amide bonds. The van der Waals surface area contributed by atoms with E-state index in [1.807, 2.05) is 47.6 Å². The van der Waals surface area contributed by atoms with Crippen LogP contribution in [-0.2, 0) is 109 Å². The van der Waals surface area contributed by atoms with Crippen LogP contribution in [0.1, 0.15) is 157 Å². The summed E-state index contributed by atoms with van der Waals surface area (Å²) in [5.74, 6) is -5.91. The molecule has 7 unspecified atom stereocenters. The topological polar surface area (TPSA) is 518 Å². The standard InChI is InChI=1S/C34H47NO11.C30H46N2O8.C29H44N2O9.C4H6O3/c1-18-14-25-31(40)26(17-29(33(25)44-10)45-23(6)37)35(22(5)36)34(41)19(2)12-11-13-27(42-8)30(39)20(3)16-21(4)32(46-24(7)38)28(15-18)43-9;1-16-10-9-11-24(37-6)28(40-30(31)36)18(3)12-17(2)20(5)25(38-7)13-19(4)27(39-8)22-14-21(33)15-23(26(22)34)32-29(16)35;1-15-11-19-25(34)20(14-21(32)27(19)39-7)31-28(35)16(2)9-8-10-22(37-5)26(40-29(30)36)18(4)13-17(3)24(33)23(12-15)38-6;1-3(5)7-4(2)6/h11-13,16-18,21,27-29,31-32,40H,14-15H2,1-10H3;9-12,14-15,17,19-21,24-28,33-34H,13H2,1-8H3,(H2,31,36)(H,32,35);8-10,13-15,17,21-26,32-34H,11-12H2,1-7H3,(H2,30,36)(H,31,35);1-2H3/b13-11-,19-12+,20-16+;11-9-,16-10+,18-12+;10-8-,16-9+,18-13+;/t18-,21+,27+,28+,29?,31?,32+;17-,19-,20+,21?,24-,25-,26?,27?,28-;15-,17+,21?,22+,23+,24-,25?,26+;/m101./s1. The minimum Gasteiger partial charge on any atom is -0.498 e. The first-order chi connectivity index (χ1) is 62.4. The molecule has 0 spiro atoms. The molecule has 24 atom stereocenters. The van der Waals surface area contributed by atoms with Crippen molar-refractivity contribution in [1.82, 2.24) is 15.5 Å². The number of nitrogens with one attached hydrogen (secondary N) is 2. The molecule has 3 aliphatic carbocycles. The van der Waals surface area contributed by atoms with Gasteiger partial charge in [-0.3, -0.25) is 43.2 Å². The van der Waals surface area contributed by atoms with E-state index in [4.69, 9.17) is 73.0 Å². The van der Waals surface area contributed by atoms with Crippen molar-refractivity contribution >= 4 is 65.5 Å². The van der Waals surface area contributed by atoms with Crippen molar-refractivity contribution in [3.8, 4) is 0 Å². The molecule has 0 aromatic heterocycles. The summed E-state index contributed by atoms with van der Waals surface area (Å²) in [5.41, 5.74) is 14.6. The van der Waals surface area contributed by atoms with Gasteiger partial charge in [0.2, 0.25) is 5.91 Å². The van der Waals surface area contributed by atoms with Gasteiger partial charge in [0.1, 0.15) is 60.4 Å². The van der Waals surface area contributed by atoms with Crippen LogP contribution in [-0.4, -0.2) is 269 Å². The van der Waals surface area contributed by atoms with E-state index in [-0.39, 0.29) is 82.1 Å². The van der Waals surface area contributed by atoms with Crippen LogP contribution < -0.4 is 22.1 Å². The first kappa shape index (κ1) is 117. The number of nitrogens with two attached hydrogens (primary N) is 2. The highest BCUT2D eigenvalue weighted by Gasteiger charge is 2.43. The zero-order chi connectivity index (χ0) is 101. The first-order valence-corrected chi connectivity index (χ1v) is 43.6. The van der Waals surface area contributed by atoms with Crippen LogP contribution in [0.4, 0.5) is 9.59 Å². The Labute approximate surface area is 780 Å². The molecule has 6 rings (SSSR count). The van der Waals surface area contributed by atoms with Gasteiger partial charge in [-0.15, -0.1) is 0 Å². The zero-order valence-corrected chi connectivity index (χ0v) is 81.6. The van der Waals surface area contributed by atoms with E-state index < -0.39 is 169 Å². The quantitative estimate of drug-likeness (QED) is 0.0357. The minimum absolute atomic E-state index is 0.0143. The fourth-order valence-electron chi connectivity index (χ4n) is 16.3. The predicted molar refractivity (Wildman–Crippen MR) is 491 cm³/mol. The van der Waals surface area contributed by atoms with Gasteiger partial charge in [0.25, 0.3) is 17.7 Å². The molecule has 0 saturated carbocycles. The van der Waals surface area contributed by atoms with Gasteiger partial charge in [0.05, 0.1) is 62.2 Å². The summed E-state index contributed by atoms with van der Waals surface area (Å²) < 4.78 is 76.8. The summed E-state index contributed by atoms with van der Waals surface area (Å²) in [6.45, 7) is 29.6. The van der Waals surface area contributed by atoms with Crippen molar-refractivity contribution in [2.75, 3.05) is 64.0 Å². The van der Waals surface area contributed by atoms with E-state index in [9.17, 15) is 83.4 Å². The van der Waals surface area contributed by atoms with Gasteiger partial charge in [-0.1, -0.05) is 115 Å². The van der Waals surface area contributed by atoms with Crippen LogP contribution in [0, 0.1) is 41.4 Å². The molecule has 6 aliphatic rings. The Bertz CT molecular complexity index is 4520. The number of esters is 4. The monoisotopic (exact) mass is 1870 g/mol. The van der Waals surface area contributed by atoms with Gasteiger partial charge >= 0.3 is 36.1 Å². The van der Waals surface area contributed by atoms with Crippen molar-refractivity contribution in [3.05, 3.63) is 176 Å². The number of fused-ring (bicyclic) bond motifs is 6. The SMILES string of the molecule is CC(=O)OC(C)=O.COC1=C2C[C@@H](C)C[C@H](OC)[C@@H](OC(C)=O)[C@@H](C)/C=C(\C)C(=O)[C@@H](OC)/C=C\C=C(/C)C(=O)N(C(C)=O)C(=CC1OC(C)=O)C2O.COC1=C2C[C@@H](C)C[C@H](OC)[C@H](O)[C@@H](C)/C=C(\C)[C@H](OC(N)=O)[C@@H](OC)/C=C\C=C(/C)C(=O)NC(=CC1O)C2O.COC1C2=CC(O)C=C(NC(=O)/C(C)=C/C=C\[C@H](OC)[C@@H](OC(N)=O)/C(C)=C/[C@H](C)[C@@H](C)[C@@H](OC)C[C@@H]1C)C2O. The van der Waals surface area contributed by atoms with Gasteiger partial charge in [-0.25, -0.2) is 14.5 Å². The minimum atomic E-state index is -1.48. The fraction of sp³-hybridized carbons (Fsp3) is 0.577. The summed E-state index contributed by atoms with van der Waals surface area (Å²) in [6, 6.07) is 0. The van der Waals surface area contributed by atoms with E-state index >= 15 is 0 Å². The molecule has 0 aromatic carbocycles. The van der Waals surface area contributed by atoms with Crippen LogP contribution in [0.15, 0.2) is 176 Å². The molecule has 12 N–H and O–H groups in total. The molecule has 0 radical (unpaired) electrons. The van der Waals surface area contributed by atoms with Gasteiger partial charge < -0.3 is 119 Å². The van der Waals surface area contributed by atoms with Crippen LogP contribution in [0.3, 0.4) is 0 Å². The zero-order valence-electron chi connectivity index (χ0n) is 81.6. The number of imide groups is 1. The Hall–Kier alpha value is -10.5. The van der Waals surface area contributed by atoms with Crippen molar-refractivity contribution in [2.24, 2.45) is 52.9 Å². The Balaban J connectivity index is 0.000000496. The Morgan fingerprint density at radius 1 is 0.436 bits per heavy atom. The number of amides is 6. The average Bonchev–Trinajstić information content (AvgIpc) is 0.831. The largest absolute Gasteiger partial charge is 0.498 e. The van der Waals surface area contributed by atoms with E-state index in [0.29, 0.717) is 64.7 Å². The number of ketones is 1. The number of rotatable bonds is 13. The molecule has 3 heterocycles. The Kier molecular flexibility index (Phi) is 49.7. The summed E-state index contributed by atoms with van der Waals surface area (Å²) in [7, 11) is 13.3. The molecular formula is C97H143N5O31. The number of Topliss-reactive ketones (excluding diaryl/α,β-unsaturated/α-hetero) is 1. The lowest BCUT2D eigenvalue weighted by molar-refractivity contribution is -0.158. The lowest BCUT2D eigenvalue weighted by Gasteiger charge is -2.36. The third-order valence-electron chi connectivity index (χ3n) is 23.2. The number of carbonyl (C=O) groups excluding carboxylic acids is 11. The molecule has 0 fully saturated rings. The lowest BCUT2D eigenvalue weighted by Crippen LogP contribution is -2.43. The molecule has 133 heavy (non-hydrogen) atoms. The van der Waals surface area contributed by atoms with E-state index in [1.165, 1.54) is 134 Å². The molecule has 36 nitrogen and oxygen atoms in total. The van der Waals surface area contributed by atoms with Crippen molar-refractivity contribution < 1.29 is 150 Å². The third-order valence-corrected chi connectivity index (χ3v) is 23.2. The molecular weight excluding hydrogens is 1730 g/mol. The molecule has 3 aliphatic heterocycles. The molecule has 36 heteroatoms. The summed E-state index contributed by atoms with van der Waals surface area (Å²) >= 11 is 0. The number of hydrogen-bond acceptors (Lipinski definition) is 31. The molecule has 0 saturated heterocycles. The van der Waals surface area contributed by atoms with Gasteiger partial charge in [0.15, 0.2) is 24.1 Å². The number of primary amides is 2. The maximum absolute atomic E-state index is 13.7. The lowest BCUT2D eigenvalue weighted by atomic mass is 9.80. The molecule has 742 valence electrons. The smallest absolute Gasteiger partial charge is 0.405 e. The number of allylic oxidation sites excluding steroid dienone is 7. The number of ether oxygens (including phenoxy) is 14. The summed E-state index contributed by atoms with van der Waals surface area (Å²) in [5, 5.41) is 71.8. The molecule has 6 bridgehead atoms. The van der Waals surface area contributed by atoms with Crippen molar-refractivity contribution in [1.29, 1.82) is 0 Å². The van der Waals surface area contributed by atoms with Crippen LogP contribution in [0.2, 0.25) is 0 Å². The number of methoxy groups -OCH3 is 9. The summed E-state index contributed by atoms with van der Waals surface area (Å²) in [6.07, 6.45) is 10.1. The van der Waals surface area contributed by atoms with E-state index in [0.717, 1.165) is 10.5 Å². The maximum atomic E-state index is 13.7. The Morgan fingerprint density at radius 2 is 0.902 bits per heavy atom. The highest BCUT2D eigenvalue weighted by atomic mass is 16.6. The second-order valence-electron chi connectivity index (χ2n) is 33.8. The summed E-state index contributed by atoms with van der Waals surface area (Å²) in [4.78, 5) is 134. The Morgan fingerprint density at radius 3 is 1.34 bits per heavy atom. The van der Waals surface area contributed by atoms with Gasteiger partial charge in [-0.05, 0) is 156 Å². The number of hydrogen-bond donors (Lipinski definition) is 10. The normalized spacial score (nSPS) is 33.7. The maximum Gasteiger partial charge on any atom is 0.405 e.